The molecule has 1 fully saturated rings. The van der Waals surface area contributed by atoms with E-state index in [1.165, 1.54) is 32.1 Å². The van der Waals surface area contributed by atoms with E-state index in [9.17, 15) is 0 Å². The quantitative estimate of drug-likeness (QED) is 0.800. The molecule has 1 saturated carbocycles. The Labute approximate surface area is 139 Å². The highest BCUT2D eigenvalue weighted by Crippen LogP contribution is 2.27. The van der Waals surface area contributed by atoms with E-state index in [2.05, 4.69) is 15.3 Å². The van der Waals surface area contributed by atoms with Gasteiger partial charge in [0.2, 0.25) is 0 Å². The minimum Gasteiger partial charge on any atom is -0.399 e. The average Bonchev–Trinajstić information content (AvgIpc) is 2.64. The average molecular weight is 312 g/mol. The van der Waals surface area contributed by atoms with Crippen LogP contribution >= 0.6 is 0 Å². The molecule has 0 spiro atoms. The van der Waals surface area contributed by atoms with Crippen molar-refractivity contribution in [1.82, 2.24) is 9.97 Å². The van der Waals surface area contributed by atoms with Gasteiger partial charge < -0.3 is 11.1 Å². The Morgan fingerprint density at radius 1 is 1.00 bits per heavy atom. The lowest BCUT2D eigenvalue weighted by atomic mass is 9.89. The third kappa shape index (κ3) is 4.95. The number of aromatic nitrogens is 2. The van der Waals surface area contributed by atoms with Crippen LogP contribution in [0.5, 0.6) is 0 Å². The number of anilines is 2. The van der Waals surface area contributed by atoms with Crippen LogP contribution in [-0.2, 0) is 0 Å². The van der Waals surface area contributed by atoms with Crippen LogP contribution in [-0.4, -0.2) is 16.5 Å². The summed E-state index contributed by atoms with van der Waals surface area (Å²) in [6, 6.07) is 7.78. The van der Waals surface area contributed by atoms with E-state index in [0.717, 1.165) is 35.2 Å². The Morgan fingerprint density at radius 3 is 2.35 bits per heavy atom. The molecule has 1 aliphatic rings. The van der Waals surface area contributed by atoms with Gasteiger partial charge in [0.15, 0.2) is 5.82 Å². The Morgan fingerprint density at radius 2 is 1.65 bits per heavy atom. The summed E-state index contributed by atoms with van der Waals surface area (Å²) in [5, 5.41) is 3.49. The summed E-state index contributed by atoms with van der Waals surface area (Å²) in [4.78, 5) is 8.93. The molecule has 1 aliphatic carbocycles. The normalized spacial score (nSPS) is 14.7. The van der Waals surface area contributed by atoms with Gasteiger partial charge in [-0.25, -0.2) is 4.98 Å². The van der Waals surface area contributed by atoms with Crippen LogP contribution in [0.1, 0.15) is 46.0 Å². The molecule has 4 nitrogen and oxygen atoms in total. The Balaban J connectivity index is 0.000000924. The van der Waals surface area contributed by atoms with Crippen molar-refractivity contribution in [3.8, 4) is 11.3 Å². The minimum atomic E-state index is 0.763. The van der Waals surface area contributed by atoms with E-state index in [4.69, 9.17) is 5.73 Å². The van der Waals surface area contributed by atoms with Crippen LogP contribution in [0.4, 0.5) is 11.5 Å². The zero-order chi connectivity index (χ0) is 16.5. The Kier molecular flexibility index (Phi) is 6.85. The summed E-state index contributed by atoms with van der Waals surface area (Å²) in [6.07, 6.45) is 10.2. The molecule has 0 bridgehead atoms. The van der Waals surface area contributed by atoms with Gasteiger partial charge in [-0.05, 0) is 30.9 Å². The fraction of sp³-hybridized carbons (Fsp3) is 0.474. The molecule has 0 amide bonds. The lowest BCUT2D eigenvalue weighted by molar-refractivity contribution is 0.373. The van der Waals surface area contributed by atoms with Gasteiger partial charge in [0.25, 0.3) is 0 Å². The van der Waals surface area contributed by atoms with E-state index in [0.29, 0.717) is 0 Å². The number of benzene rings is 1. The first-order valence-electron chi connectivity index (χ1n) is 8.74. The van der Waals surface area contributed by atoms with Gasteiger partial charge >= 0.3 is 0 Å². The van der Waals surface area contributed by atoms with Crippen LogP contribution in [0, 0.1) is 5.92 Å². The van der Waals surface area contributed by atoms with Crippen molar-refractivity contribution in [1.29, 1.82) is 0 Å². The largest absolute Gasteiger partial charge is 0.399 e. The molecule has 0 saturated heterocycles. The first-order valence-corrected chi connectivity index (χ1v) is 8.74. The zero-order valence-corrected chi connectivity index (χ0v) is 14.3. The number of nitrogens with one attached hydrogen (secondary N) is 1. The SMILES string of the molecule is CC.Nc1ccc(-c2nccnc2NCC2CCCCC2)cc1. The molecular formula is C19H28N4. The monoisotopic (exact) mass is 312 g/mol. The predicted octanol–water partition coefficient (Wildman–Crippen LogP) is 4.74. The number of rotatable bonds is 4. The maximum absolute atomic E-state index is 5.75. The number of nitrogens with zero attached hydrogens (tertiary/aromatic N) is 2. The van der Waals surface area contributed by atoms with E-state index >= 15 is 0 Å². The van der Waals surface area contributed by atoms with Gasteiger partial charge in [-0.1, -0.05) is 45.2 Å². The van der Waals surface area contributed by atoms with Gasteiger partial charge in [-0.15, -0.1) is 0 Å². The second-order valence-electron chi connectivity index (χ2n) is 5.76. The first-order chi connectivity index (χ1) is 11.3. The highest BCUT2D eigenvalue weighted by atomic mass is 15.0. The van der Waals surface area contributed by atoms with E-state index < -0.39 is 0 Å². The summed E-state index contributed by atoms with van der Waals surface area (Å²) in [7, 11) is 0. The third-order valence-corrected chi connectivity index (χ3v) is 4.17. The molecule has 4 heteroatoms. The third-order valence-electron chi connectivity index (χ3n) is 4.17. The van der Waals surface area contributed by atoms with Gasteiger partial charge in [0.05, 0.1) is 0 Å². The molecule has 23 heavy (non-hydrogen) atoms. The summed E-state index contributed by atoms with van der Waals surface area (Å²) in [5.41, 5.74) is 8.45. The van der Waals surface area contributed by atoms with Crippen molar-refractivity contribution in [3.05, 3.63) is 36.7 Å². The van der Waals surface area contributed by atoms with Gasteiger partial charge in [-0.3, -0.25) is 4.98 Å². The summed E-state index contributed by atoms with van der Waals surface area (Å²) in [5.74, 6) is 1.63. The summed E-state index contributed by atoms with van der Waals surface area (Å²) < 4.78 is 0. The highest BCUT2D eigenvalue weighted by molar-refractivity contribution is 5.72. The second kappa shape index (κ2) is 9.13. The first kappa shape index (κ1) is 17.3. The molecule has 1 aromatic heterocycles. The topological polar surface area (TPSA) is 63.8 Å². The second-order valence-corrected chi connectivity index (χ2v) is 5.76. The van der Waals surface area contributed by atoms with Crippen molar-refractivity contribution < 1.29 is 0 Å². The Hall–Kier alpha value is -2.10. The molecule has 3 N–H and O–H groups in total. The number of nitrogens with two attached hydrogens (primary N) is 1. The van der Waals surface area contributed by atoms with Crippen molar-refractivity contribution in [2.45, 2.75) is 46.0 Å². The standard InChI is InChI=1S/C17H22N4.C2H6/c18-15-8-6-14(7-9-15)16-17(20-11-10-19-16)21-12-13-4-2-1-3-5-13;1-2/h6-11,13H,1-5,12,18H2,(H,20,21);1-2H3. The van der Waals surface area contributed by atoms with Crippen molar-refractivity contribution in [3.63, 3.8) is 0 Å². The number of nitrogen functional groups attached to an aromatic ring is 1. The molecule has 124 valence electrons. The van der Waals surface area contributed by atoms with Crippen molar-refractivity contribution >= 4 is 11.5 Å². The van der Waals surface area contributed by atoms with Gasteiger partial charge in [-0.2, -0.15) is 0 Å². The minimum absolute atomic E-state index is 0.763. The van der Waals surface area contributed by atoms with Gasteiger partial charge in [0.1, 0.15) is 5.69 Å². The molecule has 2 aromatic rings. The van der Waals surface area contributed by atoms with E-state index in [1.807, 2.05) is 38.1 Å². The fourth-order valence-electron chi connectivity index (χ4n) is 2.95. The predicted molar refractivity (Wildman–Crippen MR) is 98.3 cm³/mol. The summed E-state index contributed by atoms with van der Waals surface area (Å²) in [6.45, 7) is 4.99. The molecule has 0 unspecified atom stereocenters. The molecular weight excluding hydrogens is 284 g/mol. The van der Waals surface area contributed by atoms with Crippen molar-refractivity contribution in [2.24, 2.45) is 5.92 Å². The Bertz CT molecular complexity index is 574. The maximum Gasteiger partial charge on any atom is 0.152 e. The van der Waals surface area contributed by atoms with Crippen LogP contribution in [0.3, 0.4) is 0 Å². The molecule has 0 aliphatic heterocycles. The molecule has 3 rings (SSSR count). The lowest BCUT2D eigenvalue weighted by Crippen LogP contribution is -2.18. The van der Waals surface area contributed by atoms with E-state index in [-0.39, 0.29) is 0 Å². The lowest BCUT2D eigenvalue weighted by Gasteiger charge is -2.22. The fourth-order valence-corrected chi connectivity index (χ4v) is 2.95. The molecule has 0 radical (unpaired) electrons. The highest BCUT2D eigenvalue weighted by Gasteiger charge is 2.14. The smallest absolute Gasteiger partial charge is 0.152 e. The van der Waals surface area contributed by atoms with Crippen LogP contribution in [0.2, 0.25) is 0 Å². The van der Waals surface area contributed by atoms with Crippen LogP contribution in [0.15, 0.2) is 36.7 Å². The van der Waals surface area contributed by atoms with Crippen LogP contribution in [0.25, 0.3) is 11.3 Å². The zero-order valence-electron chi connectivity index (χ0n) is 14.3. The molecule has 1 heterocycles. The number of hydrogen-bond donors (Lipinski definition) is 2. The molecule has 1 aromatic carbocycles. The number of hydrogen-bond acceptors (Lipinski definition) is 4. The van der Waals surface area contributed by atoms with Gasteiger partial charge in [0, 0.05) is 30.2 Å². The van der Waals surface area contributed by atoms with Crippen molar-refractivity contribution in [2.75, 3.05) is 17.6 Å². The summed E-state index contributed by atoms with van der Waals surface area (Å²) >= 11 is 0. The molecule has 0 atom stereocenters. The maximum atomic E-state index is 5.75. The van der Waals surface area contributed by atoms with E-state index in [1.54, 1.807) is 12.4 Å². The van der Waals surface area contributed by atoms with Crippen LogP contribution < -0.4 is 11.1 Å².